The molecule has 1 aromatic heterocycles. The Kier molecular flexibility index (Phi) is 3.19. The lowest BCUT2D eigenvalue weighted by Gasteiger charge is -2.13. The first-order valence-corrected chi connectivity index (χ1v) is 5.94. The van der Waals surface area contributed by atoms with E-state index in [1.165, 1.54) is 0 Å². The van der Waals surface area contributed by atoms with Gasteiger partial charge >= 0.3 is 5.97 Å². The van der Waals surface area contributed by atoms with E-state index in [-0.39, 0.29) is 0 Å². The van der Waals surface area contributed by atoms with Crippen LogP contribution in [0.1, 0.15) is 31.3 Å². The number of carboxylic acid groups (broad SMARTS) is 1. The highest BCUT2D eigenvalue weighted by Crippen LogP contribution is 2.25. The summed E-state index contributed by atoms with van der Waals surface area (Å²) in [5.41, 5.74) is 0.730. The van der Waals surface area contributed by atoms with Gasteiger partial charge in [-0.05, 0) is 12.8 Å². The quantitative estimate of drug-likeness (QED) is 0.884. The molecule has 2 rings (SSSR count). The number of imidazole rings is 1. The van der Waals surface area contributed by atoms with Gasteiger partial charge in [0.1, 0.15) is 11.0 Å². The van der Waals surface area contributed by atoms with Crippen molar-refractivity contribution in [1.29, 1.82) is 0 Å². The van der Waals surface area contributed by atoms with Crippen LogP contribution in [-0.2, 0) is 24.2 Å². The predicted octanol–water partition coefficient (Wildman–Crippen LogP) is 2.14. The van der Waals surface area contributed by atoms with Crippen molar-refractivity contribution in [1.82, 2.24) is 9.55 Å². The second-order valence-electron chi connectivity index (χ2n) is 4.32. The molecule has 4 nitrogen and oxygen atoms in total. The molecule has 0 aliphatic carbocycles. The van der Waals surface area contributed by atoms with E-state index in [1.54, 1.807) is 6.92 Å². The number of hydrogen-bond donors (Lipinski definition) is 1. The van der Waals surface area contributed by atoms with Crippen LogP contribution in [0.25, 0.3) is 0 Å². The summed E-state index contributed by atoms with van der Waals surface area (Å²) < 4.78 is 2.01. The highest BCUT2D eigenvalue weighted by molar-refractivity contribution is 6.30. The lowest BCUT2D eigenvalue weighted by molar-refractivity contribution is -0.141. The molecule has 16 heavy (non-hydrogen) atoms. The summed E-state index contributed by atoms with van der Waals surface area (Å²) in [6.45, 7) is 2.58. The number of aliphatic carboxylic acids is 1. The van der Waals surface area contributed by atoms with Gasteiger partial charge in [0, 0.05) is 19.4 Å². The lowest BCUT2D eigenvalue weighted by atomic mass is 10.1. The molecule has 0 radical (unpaired) electrons. The van der Waals surface area contributed by atoms with Crippen LogP contribution in [0.15, 0.2) is 0 Å². The standard InChI is InChI=1S/C11H15ClN2O2/c1-7(11(15)16)6-8-10(12)14-5-3-2-4-9(14)13-8/h7H,2-6H2,1H3,(H,15,16). The van der Waals surface area contributed by atoms with E-state index in [2.05, 4.69) is 4.98 Å². The molecule has 1 aliphatic heterocycles. The first-order valence-electron chi connectivity index (χ1n) is 5.56. The van der Waals surface area contributed by atoms with Crippen molar-refractivity contribution in [3.63, 3.8) is 0 Å². The maximum atomic E-state index is 10.8. The van der Waals surface area contributed by atoms with E-state index in [4.69, 9.17) is 16.7 Å². The molecule has 0 saturated heterocycles. The van der Waals surface area contributed by atoms with Gasteiger partial charge in [0.25, 0.3) is 0 Å². The second-order valence-corrected chi connectivity index (χ2v) is 4.68. The first-order chi connectivity index (χ1) is 7.59. The Labute approximate surface area is 99.2 Å². The summed E-state index contributed by atoms with van der Waals surface area (Å²) in [6, 6.07) is 0. The van der Waals surface area contributed by atoms with E-state index >= 15 is 0 Å². The average Bonchev–Trinajstić information content (AvgIpc) is 2.56. The molecule has 0 amide bonds. The van der Waals surface area contributed by atoms with Crippen molar-refractivity contribution in [3.05, 3.63) is 16.7 Å². The van der Waals surface area contributed by atoms with Gasteiger partial charge in [-0.15, -0.1) is 0 Å². The summed E-state index contributed by atoms with van der Waals surface area (Å²) >= 11 is 6.20. The van der Waals surface area contributed by atoms with Gasteiger partial charge in [-0.1, -0.05) is 18.5 Å². The summed E-state index contributed by atoms with van der Waals surface area (Å²) in [5.74, 6) is -0.236. The smallest absolute Gasteiger partial charge is 0.306 e. The van der Waals surface area contributed by atoms with E-state index < -0.39 is 11.9 Å². The molecule has 5 heteroatoms. The van der Waals surface area contributed by atoms with Crippen molar-refractivity contribution in [3.8, 4) is 0 Å². The largest absolute Gasteiger partial charge is 0.481 e. The summed E-state index contributed by atoms with van der Waals surface area (Å²) in [6.07, 6.45) is 3.62. The fourth-order valence-corrected chi connectivity index (χ4v) is 2.31. The van der Waals surface area contributed by atoms with E-state index in [0.717, 1.165) is 37.3 Å². The van der Waals surface area contributed by atoms with Gasteiger partial charge in [-0.25, -0.2) is 4.98 Å². The van der Waals surface area contributed by atoms with Crippen LogP contribution in [0.3, 0.4) is 0 Å². The number of rotatable bonds is 3. The monoisotopic (exact) mass is 242 g/mol. The minimum Gasteiger partial charge on any atom is -0.481 e. The second kappa shape index (κ2) is 4.45. The third kappa shape index (κ3) is 2.07. The Bertz CT molecular complexity index is 414. The molecular formula is C11H15ClN2O2. The summed E-state index contributed by atoms with van der Waals surface area (Å²) in [7, 11) is 0. The molecule has 1 atom stereocenters. The zero-order chi connectivity index (χ0) is 11.7. The Morgan fingerprint density at radius 1 is 1.62 bits per heavy atom. The number of carboxylic acids is 1. The van der Waals surface area contributed by atoms with Crippen molar-refractivity contribution in [2.75, 3.05) is 0 Å². The van der Waals surface area contributed by atoms with Gasteiger partial charge in [0.15, 0.2) is 0 Å². The minimum absolute atomic E-state index is 0.411. The Morgan fingerprint density at radius 3 is 3.00 bits per heavy atom. The van der Waals surface area contributed by atoms with Crippen LogP contribution in [0.4, 0.5) is 0 Å². The fourth-order valence-electron chi connectivity index (χ4n) is 2.01. The van der Waals surface area contributed by atoms with E-state index in [1.807, 2.05) is 4.57 Å². The molecule has 1 aromatic rings. The van der Waals surface area contributed by atoms with Gasteiger partial charge in [0.2, 0.25) is 0 Å². The summed E-state index contributed by atoms with van der Waals surface area (Å²) in [4.78, 5) is 15.2. The van der Waals surface area contributed by atoms with Crippen LogP contribution in [0.5, 0.6) is 0 Å². The lowest BCUT2D eigenvalue weighted by Crippen LogP contribution is -2.12. The molecule has 0 saturated carbocycles. The first kappa shape index (κ1) is 11.5. The number of halogens is 1. The van der Waals surface area contributed by atoms with Crippen molar-refractivity contribution in [2.24, 2.45) is 5.92 Å². The SMILES string of the molecule is CC(Cc1nc2n(c1Cl)CCCC2)C(=O)O. The highest BCUT2D eigenvalue weighted by Gasteiger charge is 2.21. The van der Waals surface area contributed by atoms with Crippen LogP contribution >= 0.6 is 11.6 Å². The van der Waals surface area contributed by atoms with Crippen molar-refractivity contribution >= 4 is 17.6 Å². The Balaban J connectivity index is 2.22. The average molecular weight is 243 g/mol. The van der Waals surface area contributed by atoms with Crippen LogP contribution < -0.4 is 0 Å². The molecule has 2 heterocycles. The Hall–Kier alpha value is -1.03. The maximum absolute atomic E-state index is 10.8. The van der Waals surface area contributed by atoms with Gasteiger partial charge in [-0.3, -0.25) is 4.79 Å². The third-order valence-electron chi connectivity index (χ3n) is 3.00. The molecule has 88 valence electrons. The van der Waals surface area contributed by atoms with Crippen LogP contribution in [0, 0.1) is 5.92 Å². The van der Waals surface area contributed by atoms with Crippen molar-refractivity contribution < 1.29 is 9.90 Å². The van der Waals surface area contributed by atoms with Gasteiger partial charge in [0.05, 0.1) is 11.6 Å². The predicted molar refractivity (Wildman–Crippen MR) is 60.7 cm³/mol. The zero-order valence-corrected chi connectivity index (χ0v) is 10.00. The zero-order valence-electron chi connectivity index (χ0n) is 9.24. The van der Waals surface area contributed by atoms with Crippen molar-refractivity contribution in [2.45, 2.75) is 39.2 Å². The van der Waals surface area contributed by atoms with Gasteiger partial charge < -0.3 is 9.67 Å². The molecule has 1 unspecified atom stereocenters. The molecule has 0 fully saturated rings. The molecule has 0 aromatic carbocycles. The number of carbonyl (C=O) groups is 1. The normalized spacial score (nSPS) is 16.9. The fraction of sp³-hybridized carbons (Fsp3) is 0.636. The molecule has 0 spiro atoms. The topological polar surface area (TPSA) is 55.1 Å². The van der Waals surface area contributed by atoms with E-state index in [0.29, 0.717) is 11.6 Å². The summed E-state index contributed by atoms with van der Waals surface area (Å²) in [5, 5.41) is 9.49. The number of nitrogens with zero attached hydrogens (tertiary/aromatic N) is 2. The molecule has 1 N–H and O–H groups in total. The Morgan fingerprint density at radius 2 is 2.38 bits per heavy atom. The number of aromatic nitrogens is 2. The molecule has 1 aliphatic rings. The molecular weight excluding hydrogens is 228 g/mol. The van der Waals surface area contributed by atoms with E-state index in [9.17, 15) is 4.79 Å². The third-order valence-corrected chi connectivity index (χ3v) is 3.43. The van der Waals surface area contributed by atoms with Gasteiger partial charge in [-0.2, -0.15) is 0 Å². The number of fused-ring (bicyclic) bond motifs is 1. The van der Waals surface area contributed by atoms with Crippen LogP contribution in [0.2, 0.25) is 5.15 Å². The number of aryl methyl sites for hydroxylation is 1. The molecule has 0 bridgehead atoms. The highest BCUT2D eigenvalue weighted by atomic mass is 35.5. The van der Waals surface area contributed by atoms with Crippen LogP contribution in [-0.4, -0.2) is 20.6 Å². The number of hydrogen-bond acceptors (Lipinski definition) is 2. The minimum atomic E-state index is -0.804. The maximum Gasteiger partial charge on any atom is 0.306 e.